The number of nitrogens with zero attached hydrogens (tertiary/aromatic N) is 1. The number of carbonyl (C=O) groups excluding carboxylic acids is 1. The van der Waals surface area contributed by atoms with Crippen LogP contribution in [0.3, 0.4) is 0 Å². The second-order valence-corrected chi connectivity index (χ2v) is 55.7. The minimum absolute atomic E-state index is 0.0177. The zero-order valence-corrected chi connectivity index (χ0v) is 41.3. The third-order valence-electron chi connectivity index (χ3n) is 11.0. The van der Waals surface area contributed by atoms with Gasteiger partial charge in [0.2, 0.25) is 5.91 Å². The van der Waals surface area contributed by atoms with Crippen LogP contribution in [0.25, 0.3) is 0 Å². The summed E-state index contributed by atoms with van der Waals surface area (Å²) in [5, 5.41) is 1.99. The molecule has 1 saturated heterocycles. The third-order valence-corrected chi connectivity index (χ3v) is 38.9. The minimum atomic E-state index is -1.64. The molecule has 0 radical (unpaired) electrons. The van der Waals surface area contributed by atoms with Gasteiger partial charge in [0.1, 0.15) is 5.82 Å². The number of benzene rings is 2. The maximum Gasteiger partial charge on any atom is 0.230 e. The van der Waals surface area contributed by atoms with Gasteiger partial charge in [0, 0.05) is 66.6 Å². The summed E-state index contributed by atoms with van der Waals surface area (Å²) in [6, 6.07) is 10.8. The summed E-state index contributed by atoms with van der Waals surface area (Å²) in [6.45, 7) is 49.6. The van der Waals surface area contributed by atoms with Crippen LogP contribution in [0.5, 0.6) is 0 Å². The van der Waals surface area contributed by atoms with Crippen LogP contribution in [-0.2, 0) is 11.2 Å². The van der Waals surface area contributed by atoms with Crippen molar-refractivity contribution < 1.29 is 9.18 Å². The fourth-order valence-electron chi connectivity index (χ4n) is 10.8. The molecular weight excluding hydrogens is 698 g/mol. The zero-order chi connectivity index (χ0) is 37.9. The summed E-state index contributed by atoms with van der Waals surface area (Å²) >= 11 is 0. The molecule has 1 aliphatic heterocycles. The van der Waals surface area contributed by atoms with E-state index in [9.17, 15) is 9.18 Å². The lowest BCUT2D eigenvalue weighted by Gasteiger charge is -2.46. The van der Waals surface area contributed by atoms with Crippen molar-refractivity contribution in [1.29, 1.82) is 0 Å². The molecule has 0 aliphatic carbocycles. The lowest BCUT2D eigenvalue weighted by molar-refractivity contribution is -0.120. The largest absolute Gasteiger partial charge is 0.312 e. The van der Waals surface area contributed by atoms with E-state index in [1.165, 1.54) is 0 Å². The molecule has 49 heavy (non-hydrogen) atoms. The molecule has 0 saturated carbocycles. The van der Waals surface area contributed by atoms with Gasteiger partial charge in [-0.15, -0.1) is 0 Å². The Morgan fingerprint density at radius 1 is 0.653 bits per heavy atom. The van der Waals surface area contributed by atoms with E-state index in [1.807, 2.05) is 11.0 Å². The first-order valence-corrected chi connectivity index (χ1v) is 40.6. The molecule has 9 heteroatoms. The summed E-state index contributed by atoms with van der Waals surface area (Å²) in [5.41, 5.74) is 8.01. The smallest absolute Gasteiger partial charge is 0.230 e. The maximum absolute atomic E-state index is 14.6. The molecule has 2 aromatic rings. The van der Waals surface area contributed by atoms with Crippen molar-refractivity contribution in [1.82, 2.24) is 0 Å². The van der Waals surface area contributed by atoms with Crippen molar-refractivity contribution in [3.05, 3.63) is 64.0 Å². The highest BCUT2D eigenvalue weighted by Gasteiger charge is 2.46. The Bertz CT molecular complexity index is 1400. The van der Waals surface area contributed by atoms with E-state index in [0.29, 0.717) is 33.3 Å². The van der Waals surface area contributed by atoms with E-state index in [4.69, 9.17) is 0 Å². The van der Waals surface area contributed by atoms with Crippen molar-refractivity contribution in [2.75, 3.05) is 11.4 Å². The summed E-state index contributed by atoms with van der Waals surface area (Å²) in [6.07, 6.45) is 2.70. The molecule has 0 spiro atoms. The lowest BCUT2D eigenvalue weighted by Crippen LogP contribution is -2.50. The number of hydrogen-bond acceptors (Lipinski definition) is 1. The number of carbonyl (C=O) groups is 1. The van der Waals surface area contributed by atoms with Crippen molar-refractivity contribution in [3.8, 4) is 0 Å². The summed E-state index contributed by atoms with van der Waals surface area (Å²) in [4.78, 5) is 15.9. The van der Waals surface area contributed by atoms with Crippen LogP contribution in [0.1, 0.15) is 56.2 Å². The molecule has 0 bridgehead atoms. The third kappa shape index (κ3) is 9.97. The second-order valence-electron chi connectivity index (χ2n) is 22.1. The topological polar surface area (TPSA) is 20.3 Å². The quantitative estimate of drug-likeness (QED) is 0.186. The van der Waals surface area contributed by atoms with Crippen molar-refractivity contribution in [3.63, 3.8) is 0 Å². The number of amides is 1. The molecule has 1 fully saturated rings. The zero-order valence-electron chi connectivity index (χ0n) is 35.3. The molecule has 2 aromatic carbocycles. The Morgan fingerprint density at radius 3 is 1.43 bits per heavy atom. The standard InChI is InChI=1S/C40H74FNOSi6/c1-29-20-22-32(28-36(29)41)42-25-24-30(37(42)43)21-23-33-34(39(46(8,9)10)47(11,12)13)26-31(38(44(2,3)4)45(5,6)7)27-35(33)40(48(14,15)16)49(17,18)19/h20,22,26-28,30,38-40H,21,23-25H2,1-19H3. The second kappa shape index (κ2) is 14.5. The van der Waals surface area contributed by atoms with Gasteiger partial charge in [-0.05, 0) is 81.6 Å². The number of anilines is 1. The average molecular weight is 773 g/mol. The fourth-order valence-corrected chi connectivity index (χ4v) is 49.1. The van der Waals surface area contributed by atoms with Crippen LogP contribution < -0.4 is 4.90 Å². The molecule has 0 aromatic heterocycles. The molecule has 1 amide bonds. The Hall–Kier alpha value is -0.859. The predicted molar refractivity (Wildman–Crippen MR) is 235 cm³/mol. The normalized spacial score (nSPS) is 17.3. The highest BCUT2D eigenvalue weighted by atomic mass is 28.4. The molecular formula is C40H74FNOSi6. The summed E-state index contributed by atoms with van der Waals surface area (Å²) in [7, 11) is -9.64. The predicted octanol–water partition coefficient (Wildman–Crippen LogP) is 12.6. The van der Waals surface area contributed by atoms with Gasteiger partial charge in [0.05, 0.1) is 0 Å². The highest BCUT2D eigenvalue weighted by molar-refractivity contribution is 6.97. The molecule has 276 valence electrons. The van der Waals surface area contributed by atoms with E-state index >= 15 is 0 Å². The van der Waals surface area contributed by atoms with Gasteiger partial charge in [-0.25, -0.2) is 4.39 Å². The Morgan fingerprint density at radius 2 is 1.06 bits per heavy atom. The summed E-state index contributed by atoms with van der Waals surface area (Å²) < 4.78 is 14.6. The first-order valence-electron chi connectivity index (χ1n) is 19.1. The van der Waals surface area contributed by atoms with Crippen molar-refractivity contribution in [2.24, 2.45) is 5.92 Å². The van der Waals surface area contributed by atoms with E-state index in [-0.39, 0.29) is 17.6 Å². The highest BCUT2D eigenvalue weighted by Crippen LogP contribution is 2.48. The first kappa shape index (κ1) is 42.6. The first-order chi connectivity index (χ1) is 21.9. The fraction of sp³-hybridized carbons (Fsp3) is 0.675. The molecule has 3 rings (SSSR count). The number of aryl methyl sites for hydroxylation is 1. The van der Waals surface area contributed by atoms with E-state index < -0.39 is 48.4 Å². The molecule has 1 unspecified atom stereocenters. The van der Waals surface area contributed by atoms with Gasteiger partial charge in [-0.1, -0.05) is 136 Å². The number of hydrogen-bond donors (Lipinski definition) is 0. The Balaban J connectivity index is 2.36. The Kier molecular flexibility index (Phi) is 12.6. The van der Waals surface area contributed by atoms with Crippen molar-refractivity contribution >= 4 is 60.0 Å². The van der Waals surface area contributed by atoms with Crippen LogP contribution in [0.15, 0.2) is 30.3 Å². The molecule has 1 atom stereocenters. The maximum atomic E-state index is 14.6. The Labute approximate surface area is 308 Å². The molecule has 1 aliphatic rings. The SMILES string of the molecule is Cc1ccc(N2CCC(CCc3c(C([Si](C)(C)C)[Si](C)(C)C)cc(C([Si](C)(C)C)[Si](C)(C)C)cc3C([Si](C)(C)C)[Si](C)(C)C)C2=O)cc1F. The summed E-state index contributed by atoms with van der Waals surface area (Å²) in [5.74, 6) is -0.0687. The average Bonchev–Trinajstić information content (AvgIpc) is 3.20. The van der Waals surface area contributed by atoms with Gasteiger partial charge < -0.3 is 4.90 Å². The monoisotopic (exact) mass is 771 g/mol. The molecule has 1 heterocycles. The van der Waals surface area contributed by atoms with Crippen LogP contribution in [0, 0.1) is 18.7 Å². The van der Waals surface area contributed by atoms with Crippen LogP contribution >= 0.6 is 0 Å². The molecule has 0 N–H and O–H groups in total. The van der Waals surface area contributed by atoms with Crippen LogP contribution in [0.4, 0.5) is 10.1 Å². The number of halogens is 1. The van der Waals surface area contributed by atoms with Gasteiger partial charge in [-0.3, -0.25) is 4.79 Å². The van der Waals surface area contributed by atoms with Gasteiger partial charge >= 0.3 is 0 Å². The van der Waals surface area contributed by atoms with Crippen LogP contribution in [-0.4, -0.2) is 60.9 Å². The van der Waals surface area contributed by atoms with Crippen LogP contribution in [0.2, 0.25) is 118 Å². The lowest BCUT2D eigenvalue weighted by atomic mass is 9.91. The van der Waals surface area contributed by atoms with Crippen molar-refractivity contribution in [2.45, 2.75) is 160 Å². The van der Waals surface area contributed by atoms with Gasteiger partial charge in [0.25, 0.3) is 0 Å². The van der Waals surface area contributed by atoms with Gasteiger partial charge in [-0.2, -0.15) is 0 Å². The van der Waals surface area contributed by atoms with Gasteiger partial charge in [0.15, 0.2) is 0 Å². The molecule has 2 nitrogen and oxygen atoms in total. The van der Waals surface area contributed by atoms with E-state index in [0.717, 1.165) is 19.3 Å². The number of rotatable bonds is 13. The van der Waals surface area contributed by atoms with E-state index in [2.05, 4.69) is 130 Å². The van der Waals surface area contributed by atoms with E-state index in [1.54, 1.807) is 41.3 Å². The minimum Gasteiger partial charge on any atom is -0.312 e.